The van der Waals surface area contributed by atoms with E-state index in [1.165, 1.54) is 28.6 Å². The SMILES string of the molecule is C=C1CCN([C@@H](C(=O)Oc2ccc(Cl)c(Cl)c2)C(C)C)S(=O)(=O)c2ccccc21. The van der Waals surface area contributed by atoms with E-state index in [4.69, 9.17) is 27.9 Å². The van der Waals surface area contributed by atoms with E-state index in [9.17, 15) is 13.2 Å². The second kappa shape index (κ2) is 8.48. The molecule has 1 aliphatic rings. The van der Waals surface area contributed by atoms with Gasteiger partial charge >= 0.3 is 5.97 Å². The first-order valence-corrected chi connectivity index (χ1v) is 11.3. The van der Waals surface area contributed by atoms with Crippen molar-refractivity contribution in [1.82, 2.24) is 4.31 Å². The number of benzene rings is 2. The maximum Gasteiger partial charge on any atom is 0.330 e. The Kier molecular flexibility index (Phi) is 6.39. The van der Waals surface area contributed by atoms with Gasteiger partial charge in [-0.3, -0.25) is 0 Å². The van der Waals surface area contributed by atoms with Gasteiger partial charge in [-0.05, 0) is 41.7 Å². The number of sulfonamides is 1. The van der Waals surface area contributed by atoms with Gasteiger partial charge in [-0.1, -0.05) is 61.8 Å². The van der Waals surface area contributed by atoms with Crippen molar-refractivity contribution in [2.75, 3.05) is 6.54 Å². The molecule has 2 aromatic rings. The van der Waals surface area contributed by atoms with Crippen LogP contribution in [0.2, 0.25) is 10.0 Å². The number of nitrogens with zero attached hydrogens (tertiary/aromatic N) is 1. The maximum absolute atomic E-state index is 13.4. The number of hydrogen-bond acceptors (Lipinski definition) is 4. The maximum atomic E-state index is 13.4. The van der Waals surface area contributed by atoms with E-state index in [1.807, 2.05) is 0 Å². The summed E-state index contributed by atoms with van der Waals surface area (Å²) in [6.45, 7) is 7.71. The summed E-state index contributed by atoms with van der Waals surface area (Å²) in [5.74, 6) is -0.794. The van der Waals surface area contributed by atoms with Crippen LogP contribution in [-0.4, -0.2) is 31.3 Å². The molecule has 1 heterocycles. The van der Waals surface area contributed by atoms with Crippen molar-refractivity contribution in [3.63, 3.8) is 0 Å². The summed E-state index contributed by atoms with van der Waals surface area (Å²) in [4.78, 5) is 13.2. The van der Waals surface area contributed by atoms with Gasteiger partial charge in [0.25, 0.3) is 0 Å². The lowest BCUT2D eigenvalue weighted by atomic mass is 10.0. The molecule has 8 heteroatoms. The average Bonchev–Trinajstić information content (AvgIpc) is 2.75. The highest BCUT2D eigenvalue weighted by Gasteiger charge is 2.41. The largest absolute Gasteiger partial charge is 0.425 e. The molecule has 0 radical (unpaired) electrons. The van der Waals surface area contributed by atoms with Gasteiger partial charge in [0.2, 0.25) is 10.0 Å². The van der Waals surface area contributed by atoms with Gasteiger partial charge in [-0.25, -0.2) is 13.2 Å². The van der Waals surface area contributed by atoms with Crippen LogP contribution in [0, 0.1) is 5.92 Å². The number of ether oxygens (including phenoxy) is 1. The Morgan fingerprint density at radius 3 is 2.48 bits per heavy atom. The number of fused-ring (bicyclic) bond motifs is 1. The van der Waals surface area contributed by atoms with Crippen LogP contribution in [0.5, 0.6) is 5.75 Å². The zero-order valence-electron chi connectivity index (χ0n) is 16.1. The van der Waals surface area contributed by atoms with E-state index in [-0.39, 0.29) is 28.1 Å². The zero-order chi connectivity index (χ0) is 21.3. The van der Waals surface area contributed by atoms with E-state index >= 15 is 0 Å². The van der Waals surface area contributed by atoms with Crippen LogP contribution in [0.25, 0.3) is 5.57 Å². The first-order valence-electron chi connectivity index (χ1n) is 9.08. The first-order chi connectivity index (χ1) is 13.6. The standard InChI is InChI=1S/C21H21Cl2NO4S/c1-13(2)20(21(25)28-15-8-9-17(22)18(23)12-15)24-11-10-14(3)16-6-4-5-7-19(16)29(24,26)27/h4-9,12-13,20H,3,10-11H2,1-2H3/t20-/m1/s1. The summed E-state index contributed by atoms with van der Waals surface area (Å²) in [5, 5.41) is 0.572. The lowest BCUT2D eigenvalue weighted by Gasteiger charge is -2.30. The van der Waals surface area contributed by atoms with Crippen molar-refractivity contribution in [2.24, 2.45) is 5.92 Å². The monoisotopic (exact) mass is 453 g/mol. The van der Waals surface area contributed by atoms with Crippen molar-refractivity contribution in [3.8, 4) is 5.75 Å². The molecule has 0 spiro atoms. The highest BCUT2D eigenvalue weighted by Crippen LogP contribution is 2.34. The summed E-state index contributed by atoms with van der Waals surface area (Å²) in [6, 6.07) is 10.1. The molecule has 3 rings (SSSR count). The molecule has 0 aromatic heterocycles. The number of rotatable bonds is 4. The minimum absolute atomic E-state index is 0.134. The van der Waals surface area contributed by atoms with Gasteiger partial charge in [0.1, 0.15) is 11.8 Å². The summed E-state index contributed by atoms with van der Waals surface area (Å²) in [5.41, 5.74) is 1.29. The fraction of sp³-hybridized carbons (Fsp3) is 0.286. The van der Waals surface area contributed by atoms with Gasteiger partial charge in [0.05, 0.1) is 14.9 Å². The summed E-state index contributed by atoms with van der Waals surface area (Å²) >= 11 is 11.9. The molecule has 1 atom stereocenters. The van der Waals surface area contributed by atoms with E-state index in [2.05, 4.69) is 6.58 Å². The highest BCUT2D eigenvalue weighted by molar-refractivity contribution is 7.89. The summed E-state index contributed by atoms with van der Waals surface area (Å²) < 4.78 is 33.5. The molecule has 0 unspecified atom stereocenters. The summed E-state index contributed by atoms with van der Waals surface area (Å²) in [6.07, 6.45) is 0.416. The van der Waals surface area contributed by atoms with E-state index in [0.717, 1.165) is 0 Å². The van der Waals surface area contributed by atoms with Crippen LogP contribution in [0.1, 0.15) is 25.8 Å². The first kappa shape index (κ1) is 21.8. The topological polar surface area (TPSA) is 63.7 Å². The third-order valence-electron chi connectivity index (χ3n) is 4.78. The molecule has 0 fully saturated rings. The highest BCUT2D eigenvalue weighted by atomic mass is 35.5. The smallest absolute Gasteiger partial charge is 0.330 e. The van der Waals surface area contributed by atoms with Crippen LogP contribution >= 0.6 is 23.2 Å². The minimum atomic E-state index is -3.92. The average molecular weight is 454 g/mol. The molecule has 0 amide bonds. The van der Waals surface area contributed by atoms with Gasteiger partial charge < -0.3 is 4.74 Å². The van der Waals surface area contributed by atoms with Crippen LogP contribution in [0.4, 0.5) is 0 Å². The van der Waals surface area contributed by atoms with Gasteiger partial charge in [-0.2, -0.15) is 4.31 Å². The molecule has 154 valence electrons. The molecule has 0 N–H and O–H groups in total. The van der Waals surface area contributed by atoms with Crippen LogP contribution in [-0.2, 0) is 14.8 Å². The Hall–Kier alpha value is -1.86. The van der Waals surface area contributed by atoms with Crippen LogP contribution in [0.3, 0.4) is 0 Å². The second-order valence-electron chi connectivity index (χ2n) is 7.15. The predicted octanol–water partition coefficient (Wildman–Crippen LogP) is 5.03. The van der Waals surface area contributed by atoms with Crippen LogP contribution < -0.4 is 4.74 Å². The molecule has 0 aliphatic carbocycles. The molecular formula is C21H21Cl2NO4S. The number of halogens is 2. The number of carbonyl (C=O) groups is 1. The molecule has 0 bridgehead atoms. The van der Waals surface area contributed by atoms with Crippen molar-refractivity contribution in [3.05, 3.63) is 64.7 Å². The molecule has 5 nitrogen and oxygen atoms in total. The molecular weight excluding hydrogens is 433 g/mol. The third kappa shape index (κ3) is 4.36. The lowest BCUT2D eigenvalue weighted by molar-refractivity contribution is -0.140. The van der Waals surface area contributed by atoms with E-state index in [1.54, 1.807) is 32.0 Å². The molecule has 1 aliphatic heterocycles. The molecule has 2 aromatic carbocycles. The Labute approximate surface area is 180 Å². The second-order valence-corrected chi connectivity index (χ2v) is 9.82. The van der Waals surface area contributed by atoms with E-state index in [0.29, 0.717) is 22.6 Å². The van der Waals surface area contributed by atoms with Gasteiger partial charge in [0, 0.05) is 12.6 Å². The van der Waals surface area contributed by atoms with E-state index < -0.39 is 22.0 Å². The zero-order valence-corrected chi connectivity index (χ0v) is 18.4. The number of carbonyl (C=O) groups excluding carboxylic acids is 1. The van der Waals surface area contributed by atoms with Crippen molar-refractivity contribution in [2.45, 2.75) is 31.2 Å². The molecule has 29 heavy (non-hydrogen) atoms. The number of hydrogen-bond donors (Lipinski definition) is 0. The van der Waals surface area contributed by atoms with Gasteiger partial charge in [0.15, 0.2) is 0 Å². The van der Waals surface area contributed by atoms with Crippen LogP contribution in [0.15, 0.2) is 53.9 Å². The predicted molar refractivity (Wildman–Crippen MR) is 115 cm³/mol. The lowest BCUT2D eigenvalue weighted by Crippen LogP contribution is -2.49. The third-order valence-corrected chi connectivity index (χ3v) is 7.46. The van der Waals surface area contributed by atoms with Crippen molar-refractivity contribution < 1.29 is 17.9 Å². The Bertz CT molecular complexity index is 1070. The molecule has 0 saturated carbocycles. The van der Waals surface area contributed by atoms with Gasteiger partial charge in [-0.15, -0.1) is 0 Å². The quantitative estimate of drug-likeness (QED) is 0.480. The Morgan fingerprint density at radius 1 is 1.14 bits per heavy atom. The Morgan fingerprint density at radius 2 is 1.83 bits per heavy atom. The summed E-state index contributed by atoms with van der Waals surface area (Å²) in [7, 11) is -3.92. The molecule has 0 saturated heterocycles. The van der Waals surface area contributed by atoms with Crippen molar-refractivity contribution in [1.29, 1.82) is 0 Å². The van der Waals surface area contributed by atoms with Crippen molar-refractivity contribution >= 4 is 44.8 Å². The normalized spacial score (nSPS) is 17.5. The minimum Gasteiger partial charge on any atom is -0.425 e. The Balaban J connectivity index is 1.99. The fourth-order valence-electron chi connectivity index (χ4n) is 3.34. The fourth-order valence-corrected chi connectivity index (χ4v) is 5.58. The number of esters is 1.